The zero-order valence-corrected chi connectivity index (χ0v) is 13.9. The lowest BCUT2D eigenvalue weighted by Crippen LogP contribution is -2.32. The second-order valence-corrected chi connectivity index (χ2v) is 5.27. The van der Waals surface area contributed by atoms with Gasteiger partial charge in [-0.25, -0.2) is 0 Å². The molecule has 0 aliphatic heterocycles. The maximum absolute atomic E-state index is 11.7. The van der Waals surface area contributed by atoms with Crippen molar-refractivity contribution in [1.29, 1.82) is 0 Å². The van der Waals surface area contributed by atoms with Crippen LogP contribution in [0.1, 0.15) is 19.8 Å². The van der Waals surface area contributed by atoms with E-state index >= 15 is 0 Å². The molecule has 1 aliphatic carbocycles. The molecular formula is C15H22ClN3O4. The molecule has 8 heteroatoms. The van der Waals surface area contributed by atoms with Crippen molar-refractivity contribution in [2.24, 2.45) is 5.73 Å². The summed E-state index contributed by atoms with van der Waals surface area (Å²) in [7, 11) is 1.51. The Labute approximate surface area is 141 Å². The van der Waals surface area contributed by atoms with Gasteiger partial charge in [-0.15, -0.1) is 12.4 Å². The first kappa shape index (κ1) is 19.1. The highest BCUT2D eigenvalue weighted by Gasteiger charge is 2.23. The normalized spacial score (nSPS) is 14.2. The highest BCUT2D eigenvalue weighted by atomic mass is 35.5. The second kappa shape index (κ2) is 8.59. The minimum atomic E-state index is -0.615. The van der Waals surface area contributed by atoms with Gasteiger partial charge in [0.05, 0.1) is 13.2 Å². The van der Waals surface area contributed by atoms with Gasteiger partial charge < -0.3 is 25.8 Å². The van der Waals surface area contributed by atoms with Crippen LogP contribution in [0.4, 0.5) is 5.69 Å². The number of amides is 2. The Bertz CT molecular complexity index is 562. The van der Waals surface area contributed by atoms with E-state index in [4.69, 9.17) is 15.2 Å². The molecule has 1 fully saturated rings. The van der Waals surface area contributed by atoms with Crippen molar-refractivity contribution in [3.05, 3.63) is 18.2 Å². The molecule has 0 spiro atoms. The Kier molecular flexibility index (Phi) is 7.12. The summed E-state index contributed by atoms with van der Waals surface area (Å²) in [6, 6.07) is 4.61. The molecule has 128 valence electrons. The Hall–Kier alpha value is -1.99. The second-order valence-electron chi connectivity index (χ2n) is 5.27. The molecule has 1 aromatic rings. The third-order valence-electron chi connectivity index (χ3n) is 3.15. The summed E-state index contributed by atoms with van der Waals surface area (Å²) < 4.78 is 10.7. The fraction of sp³-hybridized carbons (Fsp3) is 0.467. The van der Waals surface area contributed by atoms with E-state index in [1.165, 1.54) is 7.11 Å². The van der Waals surface area contributed by atoms with E-state index < -0.39 is 6.04 Å². The molecule has 0 saturated heterocycles. The van der Waals surface area contributed by atoms with Crippen molar-refractivity contribution in [2.45, 2.75) is 31.8 Å². The van der Waals surface area contributed by atoms with Crippen molar-refractivity contribution < 1.29 is 19.1 Å². The van der Waals surface area contributed by atoms with Gasteiger partial charge in [0.2, 0.25) is 5.91 Å². The number of carbonyl (C=O) groups is 2. The Balaban J connectivity index is 0.00000264. The van der Waals surface area contributed by atoms with E-state index in [1.54, 1.807) is 25.1 Å². The molecule has 4 N–H and O–H groups in total. The highest BCUT2D eigenvalue weighted by molar-refractivity contribution is 5.94. The zero-order valence-electron chi connectivity index (χ0n) is 13.1. The topological polar surface area (TPSA) is 103 Å². The lowest BCUT2D eigenvalue weighted by Gasteiger charge is -2.13. The van der Waals surface area contributed by atoms with Crippen molar-refractivity contribution in [1.82, 2.24) is 5.32 Å². The summed E-state index contributed by atoms with van der Waals surface area (Å²) in [5, 5.41) is 5.50. The SMILES string of the molecule is COc1ccc(NC(=O)[C@H](C)N)cc1OCC(=O)NC1CC1.Cl. The molecule has 23 heavy (non-hydrogen) atoms. The van der Waals surface area contributed by atoms with Gasteiger partial charge in [-0.05, 0) is 31.9 Å². The van der Waals surface area contributed by atoms with E-state index in [0.29, 0.717) is 17.2 Å². The van der Waals surface area contributed by atoms with E-state index in [2.05, 4.69) is 10.6 Å². The fourth-order valence-electron chi connectivity index (χ4n) is 1.76. The largest absolute Gasteiger partial charge is 0.493 e. The van der Waals surface area contributed by atoms with E-state index in [9.17, 15) is 9.59 Å². The number of rotatable bonds is 7. The first-order valence-corrected chi connectivity index (χ1v) is 7.16. The lowest BCUT2D eigenvalue weighted by molar-refractivity contribution is -0.123. The molecule has 0 unspecified atom stereocenters. The van der Waals surface area contributed by atoms with Crippen LogP contribution in [-0.2, 0) is 9.59 Å². The average molecular weight is 344 g/mol. The minimum absolute atomic E-state index is 0. The van der Waals surface area contributed by atoms with Gasteiger partial charge in [-0.3, -0.25) is 9.59 Å². The van der Waals surface area contributed by atoms with Crippen molar-refractivity contribution in [3.63, 3.8) is 0 Å². The fourth-order valence-corrected chi connectivity index (χ4v) is 1.76. The quantitative estimate of drug-likeness (QED) is 0.687. The molecule has 0 radical (unpaired) electrons. The molecular weight excluding hydrogens is 322 g/mol. The zero-order chi connectivity index (χ0) is 16.1. The molecule has 7 nitrogen and oxygen atoms in total. The molecule has 0 bridgehead atoms. The number of ether oxygens (including phenoxy) is 2. The van der Waals surface area contributed by atoms with Gasteiger partial charge in [0.1, 0.15) is 0 Å². The van der Waals surface area contributed by atoms with Crippen LogP contribution in [0.2, 0.25) is 0 Å². The lowest BCUT2D eigenvalue weighted by atomic mass is 10.2. The summed E-state index contributed by atoms with van der Waals surface area (Å²) in [5.74, 6) is 0.395. The number of anilines is 1. The first-order chi connectivity index (χ1) is 10.5. The number of halogens is 1. The monoisotopic (exact) mass is 343 g/mol. The predicted octanol–water partition coefficient (Wildman–Crippen LogP) is 1.06. The van der Waals surface area contributed by atoms with Gasteiger partial charge in [0.25, 0.3) is 5.91 Å². The summed E-state index contributed by atoms with van der Waals surface area (Å²) in [4.78, 5) is 23.3. The van der Waals surface area contributed by atoms with Crippen LogP contribution in [0, 0.1) is 0 Å². The molecule has 1 aliphatic rings. The van der Waals surface area contributed by atoms with Crippen LogP contribution < -0.4 is 25.8 Å². The first-order valence-electron chi connectivity index (χ1n) is 7.16. The molecule has 1 atom stereocenters. The number of nitrogens with one attached hydrogen (secondary N) is 2. The number of nitrogens with two attached hydrogens (primary N) is 1. The maximum atomic E-state index is 11.7. The van der Waals surface area contributed by atoms with Gasteiger partial charge >= 0.3 is 0 Å². The third-order valence-corrected chi connectivity index (χ3v) is 3.15. The number of methoxy groups -OCH3 is 1. The summed E-state index contributed by atoms with van der Waals surface area (Å²) in [6.45, 7) is 1.50. The third kappa shape index (κ3) is 5.96. The summed E-state index contributed by atoms with van der Waals surface area (Å²) in [5.41, 5.74) is 6.04. The van der Waals surface area contributed by atoms with Crippen LogP contribution in [0.25, 0.3) is 0 Å². The van der Waals surface area contributed by atoms with Crippen molar-refractivity contribution >= 4 is 29.9 Å². The number of hydrogen-bond donors (Lipinski definition) is 3. The van der Waals surface area contributed by atoms with Crippen LogP contribution in [-0.4, -0.2) is 37.6 Å². The van der Waals surface area contributed by atoms with Crippen LogP contribution >= 0.6 is 12.4 Å². The summed E-state index contributed by atoms with van der Waals surface area (Å²) >= 11 is 0. The molecule has 2 rings (SSSR count). The standard InChI is InChI=1S/C15H21N3O4.ClH/c1-9(16)15(20)18-11-5-6-12(21-2)13(7-11)22-8-14(19)17-10-3-4-10;/h5-7,9-10H,3-4,8,16H2,1-2H3,(H,17,19)(H,18,20);1H/t9-;/m0./s1. The average Bonchev–Trinajstić information content (AvgIpc) is 3.29. The Morgan fingerprint density at radius 3 is 2.61 bits per heavy atom. The summed E-state index contributed by atoms with van der Waals surface area (Å²) in [6.07, 6.45) is 2.04. The Morgan fingerprint density at radius 1 is 1.35 bits per heavy atom. The molecule has 1 aromatic carbocycles. The van der Waals surface area contributed by atoms with E-state index in [-0.39, 0.29) is 36.9 Å². The molecule has 2 amide bonds. The van der Waals surface area contributed by atoms with Gasteiger partial charge in [0.15, 0.2) is 18.1 Å². The molecule has 1 saturated carbocycles. The van der Waals surface area contributed by atoms with E-state index in [0.717, 1.165) is 12.8 Å². The van der Waals surface area contributed by atoms with Crippen molar-refractivity contribution in [2.75, 3.05) is 19.0 Å². The molecule has 0 aromatic heterocycles. The number of carbonyl (C=O) groups excluding carboxylic acids is 2. The number of benzene rings is 1. The predicted molar refractivity (Wildman–Crippen MR) is 89.2 cm³/mol. The minimum Gasteiger partial charge on any atom is -0.493 e. The van der Waals surface area contributed by atoms with Gasteiger partial charge in [-0.1, -0.05) is 0 Å². The van der Waals surface area contributed by atoms with Gasteiger partial charge in [0, 0.05) is 17.8 Å². The van der Waals surface area contributed by atoms with Gasteiger partial charge in [-0.2, -0.15) is 0 Å². The number of hydrogen-bond acceptors (Lipinski definition) is 5. The Morgan fingerprint density at radius 2 is 2.04 bits per heavy atom. The van der Waals surface area contributed by atoms with Crippen LogP contribution in [0.5, 0.6) is 11.5 Å². The van der Waals surface area contributed by atoms with Crippen LogP contribution in [0.3, 0.4) is 0 Å². The maximum Gasteiger partial charge on any atom is 0.258 e. The molecule has 0 heterocycles. The highest BCUT2D eigenvalue weighted by Crippen LogP contribution is 2.30. The van der Waals surface area contributed by atoms with Crippen LogP contribution in [0.15, 0.2) is 18.2 Å². The smallest absolute Gasteiger partial charge is 0.258 e. The van der Waals surface area contributed by atoms with Crippen molar-refractivity contribution in [3.8, 4) is 11.5 Å². The van der Waals surface area contributed by atoms with E-state index in [1.807, 2.05) is 0 Å².